The van der Waals surface area contributed by atoms with E-state index >= 15 is 0 Å². The van der Waals surface area contributed by atoms with Gasteiger partial charge in [0.1, 0.15) is 5.75 Å². The molecule has 0 N–H and O–H groups in total. The van der Waals surface area contributed by atoms with Gasteiger partial charge in [-0.15, -0.1) is 0 Å². The smallest absolute Gasteiger partial charge is 0.202 e. The molecule has 0 aromatic heterocycles. The average molecular weight is 413 g/mol. The van der Waals surface area contributed by atoms with E-state index in [-0.39, 0.29) is 6.29 Å². The quantitative estimate of drug-likeness (QED) is 0.405. The molecule has 3 fully saturated rings. The summed E-state index contributed by atoms with van der Waals surface area (Å²) >= 11 is 0. The molecule has 1 aromatic rings. The van der Waals surface area contributed by atoms with Crippen molar-refractivity contribution >= 4 is 0 Å². The molecule has 30 heavy (non-hydrogen) atoms. The van der Waals surface area contributed by atoms with Crippen LogP contribution in [0.25, 0.3) is 0 Å². The van der Waals surface area contributed by atoms with Gasteiger partial charge in [-0.2, -0.15) is 0 Å². The normalized spacial score (nSPS) is 32.4. The molecule has 7 unspecified atom stereocenters. The molecule has 2 heteroatoms. The molecule has 2 nitrogen and oxygen atoms in total. The van der Waals surface area contributed by atoms with Gasteiger partial charge in [-0.1, -0.05) is 60.1 Å². The minimum Gasteiger partial charge on any atom is -0.465 e. The maximum absolute atomic E-state index is 6.66. The van der Waals surface area contributed by atoms with E-state index in [0.29, 0.717) is 23.4 Å². The van der Waals surface area contributed by atoms with E-state index in [1.54, 1.807) is 0 Å². The Morgan fingerprint density at radius 2 is 1.67 bits per heavy atom. The lowest BCUT2D eigenvalue weighted by Crippen LogP contribution is -2.37. The first-order valence-electron chi connectivity index (χ1n) is 12.7. The molecule has 7 atom stereocenters. The van der Waals surface area contributed by atoms with Crippen molar-refractivity contribution in [2.24, 2.45) is 35.0 Å². The first kappa shape index (κ1) is 22.2. The Morgan fingerprint density at radius 3 is 2.30 bits per heavy atom. The minimum atomic E-state index is -0.142. The van der Waals surface area contributed by atoms with Crippen molar-refractivity contribution in [3.8, 4) is 5.75 Å². The second-order valence-corrected chi connectivity index (χ2v) is 12.0. The Bertz CT molecular complexity index is 686. The van der Waals surface area contributed by atoms with Crippen LogP contribution in [0.1, 0.15) is 98.0 Å². The van der Waals surface area contributed by atoms with Gasteiger partial charge in [0, 0.05) is 5.92 Å². The zero-order valence-electron chi connectivity index (χ0n) is 20.2. The molecular formula is C28H44O2. The van der Waals surface area contributed by atoms with Crippen LogP contribution in [0.15, 0.2) is 24.3 Å². The topological polar surface area (TPSA) is 18.5 Å². The van der Waals surface area contributed by atoms with Gasteiger partial charge in [0.2, 0.25) is 6.29 Å². The third-order valence-electron chi connectivity index (χ3n) is 8.18. The molecule has 0 saturated heterocycles. The van der Waals surface area contributed by atoms with Crippen molar-refractivity contribution in [2.75, 3.05) is 0 Å². The van der Waals surface area contributed by atoms with Crippen molar-refractivity contribution in [1.82, 2.24) is 0 Å². The maximum atomic E-state index is 6.66. The molecule has 4 rings (SSSR count). The third-order valence-corrected chi connectivity index (χ3v) is 8.18. The van der Waals surface area contributed by atoms with Crippen molar-refractivity contribution in [3.05, 3.63) is 29.8 Å². The lowest BCUT2D eigenvalue weighted by Gasteiger charge is -2.35. The predicted octanol–water partition coefficient (Wildman–Crippen LogP) is 7.82. The molecule has 1 aromatic carbocycles. The van der Waals surface area contributed by atoms with E-state index in [4.69, 9.17) is 9.47 Å². The molecule has 0 spiro atoms. The molecule has 2 bridgehead atoms. The van der Waals surface area contributed by atoms with Crippen molar-refractivity contribution < 1.29 is 9.47 Å². The molecular weight excluding hydrogens is 368 g/mol. The summed E-state index contributed by atoms with van der Waals surface area (Å²) in [6.07, 6.45) is 9.70. The second kappa shape index (κ2) is 8.85. The van der Waals surface area contributed by atoms with Gasteiger partial charge in [-0.3, -0.25) is 0 Å². The number of benzene rings is 1. The molecule has 0 amide bonds. The maximum Gasteiger partial charge on any atom is 0.202 e. The average Bonchev–Trinajstić information content (AvgIpc) is 3.39. The van der Waals surface area contributed by atoms with Crippen molar-refractivity contribution in [2.45, 2.75) is 105 Å². The third kappa shape index (κ3) is 4.74. The zero-order chi connectivity index (χ0) is 21.5. The Morgan fingerprint density at radius 1 is 0.967 bits per heavy atom. The number of fused-ring (bicyclic) bond motifs is 5. The highest BCUT2D eigenvalue weighted by Gasteiger charge is 2.54. The van der Waals surface area contributed by atoms with Gasteiger partial charge < -0.3 is 9.47 Å². The highest BCUT2D eigenvalue weighted by atomic mass is 16.7. The minimum absolute atomic E-state index is 0.142. The Kier molecular flexibility index (Phi) is 6.54. The molecule has 168 valence electrons. The predicted molar refractivity (Wildman–Crippen MR) is 125 cm³/mol. The van der Waals surface area contributed by atoms with Crippen LogP contribution in [0.5, 0.6) is 5.75 Å². The van der Waals surface area contributed by atoms with Crippen LogP contribution in [-0.4, -0.2) is 12.4 Å². The van der Waals surface area contributed by atoms with Crippen LogP contribution in [0.4, 0.5) is 0 Å². The van der Waals surface area contributed by atoms with Crippen molar-refractivity contribution in [1.29, 1.82) is 0 Å². The first-order valence-corrected chi connectivity index (χ1v) is 12.7. The molecule has 0 radical (unpaired) electrons. The fourth-order valence-electron chi connectivity index (χ4n) is 6.84. The SMILES string of the molecule is CCC(CC(C)(C)C)c1ccc(OC(OC2CC3CC2C2CCCC32)C(C)C)cc1. The summed E-state index contributed by atoms with van der Waals surface area (Å²) in [4.78, 5) is 0. The fourth-order valence-corrected chi connectivity index (χ4v) is 6.84. The molecule has 3 saturated carbocycles. The molecule has 0 heterocycles. The summed E-state index contributed by atoms with van der Waals surface area (Å²) in [7, 11) is 0. The van der Waals surface area contributed by atoms with E-state index in [1.165, 1.54) is 50.5 Å². The van der Waals surface area contributed by atoms with Gasteiger partial charge in [0.25, 0.3) is 0 Å². The van der Waals surface area contributed by atoms with Gasteiger partial charge >= 0.3 is 0 Å². The Labute approximate surface area is 185 Å². The van der Waals surface area contributed by atoms with Crippen LogP contribution >= 0.6 is 0 Å². The molecule has 0 aliphatic heterocycles. The number of ether oxygens (including phenoxy) is 2. The van der Waals surface area contributed by atoms with E-state index in [1.807, 2.05) is 0 Å². The lowest BCUT2D eigenvalue weighted by molar-refractivity contribution is -0.162. The van der Waals surface area contributed by atoms with Crippen LogP contribution in [0.3, 0.4) is 0 Å². The zero-order valence-corrected chi connectivity index (χ0v) is 20.2. The van der Waals surface area contributed by atoms with E-state index in [0.717, 1.165) is 29.4 Å². The summed E-state index contributed by atoms with van der Waals surface area (Å²) in [5.41, 5.74) is 1.79. The summed E-state index contributed by atoms with van der Waals surface area (Å²) in [6, 6.07) is 8.86. The standard InChI is InChI=1S/C28H44O2/c1-7-19(17-28(4,5)6)20-11-13-22(14-12-20)29-27(18(2)3)30-26-16-21-15-25(26)24-10-8-9-23(21)24/h11-14,18-19,21,23-27H,7-10,15-17H2,1-6H3. The largest absolute Gasteiger partial charge is 0.465 e. The van der Waals surface area contributed by atoms with Crippen molar-refractivity contribution in [3.63, 3.8) is 0 Å². The highest BCUT2D eigenvalue weighted by Crippen LogP contribution is 2.59. The van der Waals surface area contributed by atoms with Gasteiger partial charge in [-0.05, 0) is 91.2 Å². The highest BCUT2D eigenvalue weighted by molar-refractivity contribution is 5.29. The monoisotopic (exact) mass is 412 g/mol. The van der Waals surface area contributed by atoms with E-state index in [2.05, 4.69) is 65.8 Å². The summed E-state index contributed by atoms with van der Waals surface area (Å²) in [6.45, 7) is 13.7. The second-order valence-electron chi connectivity index (χ2n) is 12.0. The van der Waals surface area contributed by atoms with Gasteiger partial charge in [0.05, 0.1) is 6.10 Å². The van der Waals surface area contributed by atoms with Crippen LogP contribution < -0.4 is 4.74 Å². The van der Waals surface area contributed by atoms with Gasteiger partial charge in [0.15, 0.2) is 0 Å². The van der Waals surface area contributed by atoms with E-state index in [9.17, 15) is 0 Å². The summed E-state index contributed by atoms with van der Waals surface area (Å²) in [5.74, 6) is 5.59. The van der Waals surface area contributed by atoms with Crippen LogP contribution in [0, 0.1) is 35.0 Å². The lowest BCUT2D eigenvalue weighted by atomic mass is 9.80. The number of hydrogen-bond acceptors (Lipinski definition) is 2. The molecule has 3 aliphatic rings. The Balaban J connectivity index is 1.38. The first-order chi connectivity index (χ1) is 14.2. The van der Waals surface area contributed by atoms with Crippen LogP contribution in [-0.2, 0) is 4.74 Å². The Hall–Kier alpha value is -1.02. The number of rotatable bonds is 8. The van der Waals surface area contributed by atoms with Crippen LogP contribution in [0.2, 0.25) is 0 Å². The van der Waals surface area contributed by atoms with Gasteiger partial charge in [-0.25, -0.2) is 0 Å². The van der Waals surface area contributed by atoms with E-state index < -0.39 is 0 Å². The summed E-state index contributed by atoms with van der Waals surface area (Å²) in [5, 5.41) is 0. The number of hydrogen-bond donors (Lipinski definition) is 0. The molecule has 3 aliphatic carbocycles. The fraction of sp³-hybridized carbons (Fsp3) is 0.786. The summed E-state index contributed by atoms with van der Waals surface area (Å²) < 4.78 is 13.1.